The summed E-state index contributed by atoms with van der Waals surface area (Å²) in [5.74, 6) is 0.345. The Balaban J connectivity index is 1.52. The van der Waals surface area contributed by atoms with Gasteiger partial charge in [-0.15, -0.1) is 0 Å². The second-order valence-electron chi connectivity index (χ2n) is 9.02. The molecule has 6 nitrogen and oxygen atoms in total. The number of nitrogens with two attached hydrogens (primary N) is 1. The van der Waals surface area contributed by atoms with E-state index in [-0.39, 0.29) is 17.9 Å². The van der Waals surface area contributed by atoms with Crippen molar-refractivity contribution in [3.05, 3.63) is 93.1 Å². The van der Waals surface area contributed by atoms with Crippen LogP contribution in [0, 0.1) is 0 Å². The van der Waals surface area contributed by atoms with E-state index >= 15 is 0 Å². The lowest BCUT2D eigenvalue weighted by Gasteiger charge is -2.28. The Labute approximate surface area is 210 Å². The largest absolute Gasteiger partial charge is 0.387 e. The van der Waals surface area contributed by atoms with Gasteiger partial charge in [0.15, 0.2) is 0 Å². The minimum atomic E-state index is -0.684. The third-order valence-electron chi connectivity index (χ3n) is 5.38. The fraction of sp³-hybridized carbons (Fsp3) is 0.308. The molecule has 1 heterocycles. The van der Waals surface area contributed by atoms with Crippen LogP contribution in [0.2, 0.25) is 10.0 Å². The number of pyridine rings is 1. The highest BCUT2D eigenvalue weighted by molar-refractivity contribution is 6.34. The van der Waals surface area contributed by atoms with E-state index < -0.39 is 6.10 Å². The number of aliphatic hydroxyl groups is 1. The lowest BCUT2D eigenvalue weighted by atomic mass is 9.93. The van der Waals surface area contributed by atoms with Gasteiger partial charge in [0.2, 0.25) is 5.91 Å². The Morgan fingerprint density at radius 1 is 1.06 bits per heavy atom. The predicted octanol–water partition coefficient (Wildman–Crippen LogP) is 4.47. The zero-order chi connectivity index (χ0) is 24.7. The first kappa shape index (κ1) is 26.0. The van der Waals surface area contributed by atoms with Crippen molar-refractivity contribution in [3.8, 4) is 0 Å². The molecule has 0 aliphatic heterocycles. The molecule has 8 heteroatoms. The van der Waals surface area contributed by atoms with Crippen molar-refractivity contribution in [2.45, 2.75) is 44.9 Å². The molecule has 0 aliphatic carbocycles. The molecular weight excluding hydrogens is 471 g/mol. The number of amides is 1. The van der Waals surface area contributed by atoms with Crippen LogP contribution in [0.15, 0.2) is 60.8 Å². The Bertz CT molecular complexity index is 1100. The number of anilines is 1. The van der Waals surface area contributed by atoms with Gasteiger partial charge in [-0.2, -0.15) is 0 Å². The van der Waals surface area contributed by atoms with E-state index in [2.05, 4.69) is 29.5 Å². The summed E-state index contributed by atoms with van der Waals surface area (Å²) in [4.78, 5) is 16.5. The van der Waals surface area contributed by atoms with E-state index in [1.807, 2.05) is 24.3 Å². The SMILES string of the molecule is CC(C)(Cc1cccc(CC(=O)NCc2cc(Cl)cc(Cl)c2)c1)NC[C@@H](O)c1ccc(N)nc1. The first-order chi connectivity index (χ1) is 16.1. The predicted molar refractivity (Wildman–Crippen MR) is 138 cm³/mol. The summed E-state index contributed by atoms with van der Waals surface area (Å²) in [5.41, 5.74) is 8.94. The number of nitrogens with zero attached hydrogens (tertiary/aromatic N) is 1. The maximum absolute atomic E-state index is 12.5. The van der Waals surface area contributed by atoms with Crippen LogP contribution in [-0.4, -0.2) is 28.1 Å². The van der Waals surface area contributed by atoms with Crippen LogP contribution in [0.4, 0.5) is 5.82 Å². The first-order valence-electron chi connectivity index (χ1n) is 11.0. The Morgan fingerprint density at radius 3 is 2.44 bits per heavy atom. The van der Waals surface area contributed by atoms with Crippen LogP contribution in [0.25, 0.3) is 0 Å². The van der Waals surface area contributed by atoms with E-state index in [9.17, 15) is 9.90 Å². The molecule has 180 valence electrons. The van der Waals surface area contributed by atoms with Crippen molar-refractivity contribution >= 4 is 34.9 Å². The monoisotopic (exact) mass is 500 g/mol. The van der Waals surface area contributed by atoms with Gasteiger partial charge in [0.25, 0.3) is 0 Å². The highest BCUT2D eigenvalue weighted by Gasteiger charge is 2.20. The lowest BCUT2D eigenvalue weighted by Crippen LogP contribution is -2.43. The number of carbonyl (C=O) groups excluding carboxylic acids is 1. The van der Waals surface area contributed by atoms with Crippen molar-refractivity contribution in [1.29, 1.82) is 0 Å². The van der Waals surface area contributed by atoms with E-state index in [1.54, 1.807) is 36.5 Å². The van der Waals surface area contributed by atoms with Crippen LogP contribution in [0.1, 0.15) is 42.2 Å². The van der Waals surface area contributed by atoms with Crippen molar-refractivity contribution in [2.24, 2.45) is 0 Å². The number of β-amino-alcohol motifs (C(OH)–C–C–N with tert-alkyl or cyclic N) is 1. The summed E-state index contributed by atoms with van der Waals surface area (Å²) in [6.45, 7) is 4.91. The van der Waals surface area contributed by atoms with Crippen LogP contribution >= 0.6 is 23.2 Å². The molecule has 1 aromatic heterocycles. The number of hydrogen-bond donors (Lipinski definition) is 4. The van der Waals surface area contributed by atoms with Gasteiger partial charge in [-0.3, -0.25) is 4.79 Å². The molecular formula is C26H30Cl2N4O2. The first-order valence-corrected chi connectivity index (χ1v) is 11.8. The molecule has 0 fully saturated rings. The number of carbonyl (C=O) groups is 1. The molecule has 2 aromatic carbocycles. The van der Waals surface area contributed by atoms with E-state index in [4.69, 9.17) is 28.9 Å². The van der Waals surface area contributed by atoms with Crippen LogP contribution in [-0.2, 0) is 24.2 Å². The van der Waals surface area contributed by atoms with Gasteiger partial charge in [0.1, 0.15) is 5.82 Å². The van der Waals surface area contributed by atoms with Crippen LogP contribution in [0.5, 0.6) is 0 Å². The average molecular weight is 501 g/mol. The fourth-order valence-electron chi connectivity index (χ4n) is 3.69. The van der Waals surface area contributed by atoms with E-state index in [0.717, 1.165) is 23.1 Å². The molecule has 0 radical (unpaired) electrons. The Hall–Kier alpha value is -2.64. The second-order valence-corrected chi connectivity index (χ2v) is 9.90. The molecule has 0 unspecified atom stereocenters. The Kier molecular flexibility index (Phi) is 8.91. The van der Waals surface area contributed by atoms with Crippen molar-refractivity contribution in [1.82, 2.24) is 15.6 Å². The van der Waals surface area contributed by atoms with Crippen LogP contribution in [0.3, 0.4) is 0 Å². The third kappa shape index (κ3) is 8.29. The van der Waals surface area contributed by atoms with E-state index in [0.29, 0.717) is 34.5 Å². The molecule has 1 amide bonds. The quantitative estimate of drug-likeness (QED) is 0.329. The highest BCUT2D eigenvalue weighted by atomic mass is 35.5. The molecule has 0 saturated heterocycles. The summed E-state index contributed by atoms with van der Waals surface area (Å²) in [7, 11) is 0. The van der Waals surface area contributed by atoms with Gasteiger partial charge in [-0.1, -0.05) is 53.5 Å². The summed E-state index contributed by atoms with van der Waals surface area (Å²) in [6, 6.07) is 16.7. The molecule has 3 aromatic rings. The summed E-state index contributed by atoms with van der Waals surface area (Å²) >= 11 is 12.0. The minimum Gasteiger partial charge on any atom is -0.387 e. The molecule has 0 bridgehead atoms. The zero-order valence-electron chi connectivity index (χ0n) is 19.3. The van der Waals surface area contributed by atoms with Crippen LogP contribution < -0.4 is 16.4 Å². The Morgan fingerprint density at radius 2 is 1.76 bits per heavy atom. The number of benzene rings is 2. The number of nitrogens with one attached hydrogen (secondary N) is 2. The van der Waals surface area contributed by atoms with E-state index in [1.165, 1.54) is 0 Å². The zero-order valence-corrected chi connectivity index (χ0v) is 20.8. The van der Waals surface area contributed by atoms with Crippen molar-refractivity contribution in [2.75, 3.05) is 12.3 Å². The highest BCUT2D eigenvalue weighted by Crippen LogP contribution is 2.20. The maximum Gasteiger partial charge on any atom is 0.224 e. The minimum absolute atomic E-state index is 0.0779. The summed E-state index contributed by atoms with van der Waals surface area (Å²) < 4.78 is 0. The number of aromatic nitrogens is 1. The van der Waals surface area contributed by atoms with Gasteiger partial charge in [-0.25, -0.2) is 4.98 Å². The molecule has 0 saturated carbocycles. The molecule has 34 heavy (non-hydrogen) atoms. The van der Waals surface area contributed by atoms with Crippen molar-refractivity contribution < 1.29 is 9.90 Å². The number of rotatable bonds is 10. The summed E-state index contributed by atoms with van der Waals surface area (Å²) in [6.07, 6.45) is 1.91. The van der Waals surface area contributed by atoms with Crippen molar-refractivity contribution in [3.63, 3.8) is 0 Å². The third-order valence-corrected chi connectivity index (χ3v) is 5.82. The molecule has 5 N–H and O–H groups in total. The maximum atomic E-state index is 12.5. The molecule has 0 aliphatic rings. The molecule has 3 rings (SSSR count). The van der Waals surface area contributed by atoms with Gasteiger partial charge < -0.3 is 21.5 Å². The molecule has 0 spiro atoms. The smallest absolute Gasteiger partial charge is 0.224 e. The topological polar surface area (TPSA) is 100 Å². The van der Waals surface area contributed by atoms with Gasteiger partial charge in [0, 0.05) is 40.4 Å². The van der Waals surface area contributed by atoms with Gasteiger partial charge in [0.05, 0.1) is 12.5 Å². The van der Waals surface area contributed by atoms with Gasteiger partial charge in [-0.05, 0) is 61.2 Å². The number of nitrogen functional groups attached to an aromatic ring is 1. The average Bonchev–Trinajstić information content (AvgIpc) is 2.76. The number of hydrogen-bond acceptors (Lipinski definition) is 5. The fourth-order valence-corrected chi connectivity index (χ4v) is 4.26. The lowest BCUT2D eigenvalue weighted by molar-refractivity contribution is -0.120. The summed E-state index contributed by atoms with van der Waals surface area (Å²) in [5, 5.41) is 17.9. The molecule has 1 atom stereocenters. The normalized spacial score (nSPS) is 12.4. The van der Waals surface area contributed by atoms with Gasteiger partial charge >= 0.3 is 0 Å². The second kappa shape index (κ2) is 11.7. The number of aliphatic hydroxyl groups excluding tert-OH is 1. The standard InChI is InChI=1S/C26H30Cl2N4O2/c1-26(2,32-16-23(33)20-6-7-24(29)30-15-20)13-18-5-3-4-17(8-18)11-25(34)31-14-19-9-21(27)12-22(28)10-19/h3-10,12,15,23,32-33H,11,13-14,16H2,1-2H3,(H2,29,30)(H,31,34)/t23-/m1/s1. The number of halogens is 2.